The summed E-state index contributed by atoms with van der Waals surface area (Å²) in [4.78, 5) is 11.6. The lowest BCUT2D eigenvalue weighted by Crippen LogP contribution is -2.64. The van der Waals surface area contributed by atoms with Gasteiger partial charge in [0, 0.05) is 12.3 Å². The second-order valence-electron chi connectivity index (χ2n) is 6.39. The number of carbonyl (C=O) groups is 1. The molecular weight excluding hydrogens is 432 g/mol. The second-order valence-corrected chi connectivity index (χ2v) is 6.39. The van der Waals surface area contributed by atoms with E-state index >= 15 is 0 Å². The summed E-state index contributed by atoms with van der Waals surface area (Å²) >= 11 is 0. The van der Waals surface area contributed by atoms with E-state index < -0.39 is 77.5 Å². The van der Waals surface area contributed by atoms with Crippen molar-refractivity contribution in [2.45, 2.75) is 48.7 Å². The lowest BCUT2D eigenvalue weighted by atomic mass is 9.73. The van der Waals surface area contributed by atoms with Crippen LogP contribution in [-0.4, -0.2) is 51.9 Å². The van der Waals surface area contributed by atoms with Crippen molar-refractivity contribution in [3.8, 4) is 0 Å². The minimum atomic E-state index is -6.84. The summed E-state index contributed by atoms with van der Waals surface area (Å²) in [5.41, 5.74) is -17.9. The minimum absolute atomic E-state index is 1.25. The van der Waals surface area contributed by atoms with Crippen LogP contribution in [-0.2, 0) is 4.79 Å². The summed E-state index contributed by atoms with van der Waals surface area (Å²) in [6, 6.07) is 0. The van der Waals surface area contributed by atoms with Gasteiger partial charge in [0.25, 0.3) is 11.2 Å². The first-order chi connectivity index (χ1) is 12.1. The number of aliphatic hydroxyl groups is 2. The highest BCUT2D eigenvalue weighted by Gasteiger charge is 2.81. The van der Waals surface area contributed by atoms with Crippen molar-refractivity contribution >= 4 is 5.78 Å². The molecule has 2 unspecified atom stereocenters. The zero-order valence-corrected chi connectivity index (χ0v) is 12.9. The molecule has 28 heavy (non-hydrogen) atoms. The molecular formula is C13H8F12O3. The van der Waals surface area contributed by atoms with Crippen molar-refractivity contribution < 1.29 is 67.7 Å². The van der Waals surface area contributed by atoms with Crippen LogP contribution < -0.4 is 0 Å². The number of halogens is 12. The van der Waals surface area contributed by atoms with Gasteiger partial charge in [-0.25, -0.2) is 0 Å². The number of Topliss-reactive ketones (excluding diaryl/α,β-unsaturated/α-hetero) is 1. The largest absolute Gasteiger partial charge is 0.430 e. The molecule has 2 atom stereocenters. The smallest absolute Gasteiger partial charge is 0.370 e. The van der Waals surface area contributed by atoms with Crippen molar-refractivity contribution in [2.24, 2.45) is 11.8 Å². The molecule has 1 saturated carbocycles. The fourth-order valence-corrected chi connectivity index (χ4v) is 3.66. The Bertz CT molecular complexity index is 680. The topological polar surface area (TPSA) is 57.5 Å². The van der Waals surface area contributed by atoms with Gasteiger partial charge in [-0.3, -0.25) is 4.79 Å². The van der Waals surface area contributed by atoms with Crippen molar-refractivity contribution in [3.63, 3.8) is 0 Å². The number of ketones is 1. The number of carbonyl (C=O) groups excluding carboxylic acids is 1. The van der Waals surface area contributed by atoms with Gasteiger partial charge in [0.05, 0.1) is 0 Å². The molecule has 2 rings (SSSR count). The van der Waals surface area contributed by atoms with Gasteiger partial charge in [-0.15, -0.1) is 0 Å². The molecule has 1 fully saturated rings. The Kier molecular flexibility index (Phi) is 4.69. The summed E-state index contributed by atoms with van der Waals surface area (Å²) in [6.45, 7) is 0. The Morgan fingerprint density at radius 2 is 0.964 bits per heavy atom. The maximum atomic E-state index is 13.1. The molecule has 0 amide bonds. The molecule has 0 aliphatic heterocycles. The molecule has 2 aliphatic carbocycles. The van der Waals surface area contributed by atoms with Crippen molar-refractivity contribution in [2.75, 3.05) is 0 Å². The third-order valence-corrected chi connectivity index (χ3v) is 4.82. The molecule has 0 radical (unpaired) electrons. The molecule has 2 N–H and O–H groups in total. The van der Waals surface area contributed by atoms with Crippen molar-refractivity contribution in [1.29, 1.82) is 0 Å². The van der Waals surface area contributed by atoms with Gasteiger partial charge in [0.2, 0.25) is 0 Å². The first-order valence-electron chi connectivity index (χ1n) is 7.11. The van der Waals surface area contributed by atoms with Gasteiger partial charge in [0.15, 0.2) is 0 Å². The Morgan fingerprint density at radius 3 is 1.29 bits per heavy atom. The van der Waals surface area contributed by atoms with E-state index in [0.717, 1.165) is 0 Å². The first-order valence-corrected chi connectivity index (χ1v) is 7.11. The van der Waals surface area contributed by atoms with E-state index in [9.17, 15) is 67.7 Å². The molecule has 0 aromatic rings. The van der Waals surface area contributed by atoms with E-state index in [4.69, 9.17) is 0 Å². The van der Waals surface area contributed by atoms with Gasteiger partial charge in [-0.05, 0) is 23.5 Å². The molecule has 162 valence electrons. The average molecular weight is 440 g/mol. The van der Waals surface area contributed by atoms with Gasteiger partial charge in [0.1, 0.15) is 5.78 Å². The van der Waals surface area contributed by atoms with Gasteiger partial charge < -0.3 is 10.2 Å². The molecule has 0 aromatic carbocycles. The van der Waals surface area contributed by atoms with Gasteiger partial charge in [-0.2, -0.15) is 52.7 Å². The maximum absolute atomic E-state index is 13.1. The fourth-order valence-electron chi connectivity index (χ4n) is 3.66. The number of alkyl halides is 12. The normalized spacial score (nSPS) is 25.1. The highest BCUT2D eigenvalue weighted by atomic mass is 19.4. The van der Waals surface area contributed by atoms with E-state index in [1.165, 1.54) is 0 Å². The number of hydrogen-bond acceptors (Lipinski definition) is 3. The first kappa shape index (κ1) is 22.8. The van der Waals surface area contributed by atoms with Gasteiger partial charge >= 0.3 is 24.7 Å². The van der Waals surface area contributed by atoms with Crippen LogP contribution in [0.5, 0.6) is 0 Å². The second kappa shape index (κ2) is 5.77. The monoisotopic (exact) mass is 440 g/mol. The molecule has 0 spiro atoms. The highest BCUT2D eigenvalue weighted by molar-refractivity contribution is 5.90. The van der Waals surface area contributed by atoms with Crippen LogP contribution in [0.4, 0.5) is 52.7 Å². The van der Waals surface area contributed by atoms with Crippen LogP contribution in [0.2, 0.25) is 0 Å². The zero-order chi connectivity index (χ0) is 22.3. The van der Waals surface area contributed by atoms with E-state index in [1.807, 2.05) is 0 Å². The Hall–Kier alpha value is -1.51. The molecule has 2 bridgehead atoms. The van der Waals surface area contributed by atoms with E-state index in [1.54, 1.807) is 0 Å². The molecule has 3 nitrogen and oxygen atoms in total. The fraction of sp³-hybridized carbons (Fsp3) is 0.769. The van der Waals surface area contributed by atoms with Crippen LogP contribution in [0.15, 0.2) is 11.1 Å². The molecule has 0 saturated heterocycles. The highest BCUT2D eigenvalue weighted by Crippen LogP contribution is 2.63. The van der Waals surface area contributed by atoms with Gasteiger partial charge in [-0.1, -0.05) is 0 Å². The van der Waals surface area contributed by atoms with E-state index in [0.29, 0.717) is 0 Å². The number of fused-ring (bicyclic) bond motifs is 2. The minimum Gasteiger partial charge on any atom is -0.370 e. The predicted molar refractivity (Wildman–Crippen MR) is 62.4 cm³/mol. The Labute approximate surface area is 146 Å². The van der Waals surface area contributed by atoms with Crippen LogP contribution in [0.1, 0.15) is 12.8 Å². The summed E-state index contributed by atoms with van der Waals surface area (Å²) in [5.74, 6) is -6.65. The molecule has 15 heteroatoms. The summed E-state index contributed by atoms with van der Waals surface area (Å²) in [6.07, 6.45) is -29.8. The molecule has 2 aliphatic rings. The van der Waals surface area contributed by atoms with Crippen molar-refractivity contribution in [3.05, 3.63) is 11.1 Å². The summed E-state index contributed by atoms with van der Waals surface area (Å²) in [5, 5.41) is 18.8. The third kappa shape index (κ3) is 2.72. The Balaban J connectivity index is 3.01. The average Bonchev–Trinajstić information content (AvgIpc) is 2.97. The third-order valence-electron chi connectivity index (χ3n) is 4.82. The molecule has 0 aromatic heterocycles. The predicted octanol–water partition coefficient (Wildman–Crippen LogP) is 3.60. The van der Waals surface area contributed by atoms with Crippen LogP contribution >= 0.6 is 0 Å². The number of rotatable bonds is 2. The SMILES string of the molecule is O=C1CC2CC1C(C(O)(C(F)(F)F)C(F)(F)F)=C2C(O)(C(F)(F)F)C(F)(F)F. The lowest BCUT2D eigenvalue weighted by molar-refractivity contribution is -0.363. The van der Waals surface area contributed by atoms with Crippen LogP contribution in [0.3, 0.4) is 0 Å². The molecule has 0 heterocycles. The quantitative estimate of drug-likeness (QED) is 0.510. The maximum Gasteiger partial charge on any atom is 0.430 e. The summed E-state index contributed by atoms with van der Waals surface area (Å²) in [7, 11) is 0. The van der Waals surface area contributed by atoms with Crippen LogP contribution in [0.25, 0.3) is 0 Å². The summed E-state index contributed by atoms with van der Waals surface area (Å²) < 4.78 is 157. The van der Waals surface area contributed by atoms with Crippen molar-refractivity contribution in [1.82, 2.24) is 0 Å². The number of hydrogen-bond donors (Lipinski definition) is 2. The lowest BCUT2D eigenvalue weighted by Gasteiger charge is -2.42. The standard InChI is InChI=1S/C13H8F12O3/c14-10(15,16)8(27,11(17,18)19)6-3-1-4(5(26)2-3)7(6)9(28,12(20,21)22)13(23,24)25/h3-4,27-28H,1-2H2. The van der Waals surface area contributed by atoms with Crippen LogP contribution in [0, 0.1) is 11.8 Å². The van der Waals surface area contributed by atoms with E-state index in [2.05, 4.69) is 0 Å². The Morgan fingerprint density at radius 1 is 0.643 bits per heavy atom. The van der Waals surface area contributed by atoms with E-state index in [-0.39, 0.29) is 0 Å². The zero-order valence-electron chi connectivity index (χ0n) is 12.9.